The third kappa shape index (κ3) is 8.06. The van der Waals surface area contributed by atoms with Crippen molar-refractivity contribution >= 4 is 63.8 Å². The molecule has 48 heavy (non-hydrogen) atoms. The van der Waals surface area contributed by atoms with E-state index in [-0.39, 0.29) is 11.1 Å². The van der Waals surface area contributed by atoms with Crippen LogP contribution in [0.15, 0.2) is 108 Å². The number of hydrogen-bond donors (Lipinski definition) is 2. The van der Waals surface area contributed by atoms with Crippen LogP contribution >= 0.6 is 22.7 Å². The lowest BCUT2D eigenvalue weighted by Crippen LogP contribution is -2.09. The number of aliphatic carboxylic acids is 2. The fraction of sp³-hybridized carbons (Fsp3) is 0.105. The van der Waals surface area contributed by atoms with Gasteiger partial charge in [-0.25, -0.2) is 9.59 Å². The molecule has 0 bridgehead atoms. The van der Waals surface area contributed by atoms with Crippen LogP contribution < -0.4 is 9.64 Å². The molecule has 0 atom stereocenters. The van der Waals surface area contributed by atoms with Crippen molar-refractivity contribution in [3.8, 4) is 38.8 Å². The third-order valence-electron chi connectivity index (χ3n) is 7.21. The van der Waals surface area contributed by atoms with E-state index in [4.69, 9.17) is 15.3 Å². The van der Waals surface area contributed by atoms with Gasteiger partial charge in [-0.05, 0) is 102 Å². The van der Waals surface area contributed by atoms with Crippen LogP contribution in [0.25, 0.3) is 33.0 Å². The predicted octanol–water partition coefficient (Wildman–Crippen LogP) is 9.78. The molecule has 238 valence electrons. The van der Waals surface area contributed by atoms with Crippen molar-refractivity contribution in [3.63, 3.8) is 0 Å². The molecule has 0 unspecified atom stereocenters. The first-order chi connectivity index (χ1) is 23.3. The Kier molecular flexibility index (Phi) is 10.8. The van der Waals surface area contributed by atoms with Gasteiger partial charge in [-0.15, -0.1) is 22.7 Å². The van der Waals surface area contributed by atoms with Gasteiger partial charge in [0.05, 0.1) is 6.61 Å². The molecule has 3 aromatic carbocycles. The molecule has 10 heteroatoms. The minimum atomic E-state index is -1.26. The van der Waals surface area contributed by atoms with Crippen molar-refractivity contribution in [3.05, 3.63) is 118 Å². The molecule has 2 aromatic heterocycles. The minimum Gasteiger partial charge on any atom is -0.494 e. The Balaban J connectivity index is 1.45. The van der Waals surface area contributed by atoms with Gasteiger partial charge in [-0.2, -0.15) is 10.5 Å². The van der Waals surface area contributed by atoms with E-state index in [2.05, 4.69) is 11.8 Å². The molecular formula is C38H29N3O5S2. The monoisotopic (exact) mass is 671 g/mol. The molecule has 0 aliphatic heterocycles. The second kappa shape index (κ2) is 15.6. The molecule has 5 rings (SSSR count). The summed E-state index contributed by atoms with van der Waals surface area (Å²) in [4.78, 5) is 27.9. The van der Waals surface area contributed by atoms with Crippen LogP contribution in [-0.4, -0.2) is 28.8 Å². The lowest BCUT2D eigenvalue weighted by molar-refractivity contribution is -0.133. The number of carbonyl (C=O) groups is 2. The molecule has 0 aliphatic rings. The highest BCUT2D eigenvalue weighted by molar-refractivity contribution is 7.16. The Labute approximate surface area is 286 Å². The Morgan fingerprint density at radius 3 is 1.48 bits per heavy atom. The zero-order valence-corrected chi connectivity index (χ0v) is 27.4. The smallest absolute Gasteiger partial charge is 0.346 e. The molecule has 0 saturated carbocycles. The van der Waals surface area contributed by atoms with Crippen molar-refractivity contribution in [1.82, 2.24) is 0 Å². The van der Waals surface area contributed by atoms with Crippen molar-refractivity contribution in [2.45, 2.75) is 19.8 Å². The van der Waals surface area contributed by atoms with E-state index in [0.717, 1.165) is 56.5 Å². The third-order valence-corrected chi connectivity index (χ3v) is 9.37. The summed E-state index contributed by atoms with van der Waals surface area (Å²) in [5.74, 6) is -1.71. The largest absolute Gasteiger partial charge is 0.494 e. The SMILES string of the molecule is CCCCOc1ccc(N(c2ccc(-c3ccc(/C=C(/C#N)C(=O)O)s3)cc2)c2ccc(-c3ccc(/C=C(/C#N)C(=O)O)s3)cc2)cc1. The van der Waals surface area contributed by atoms with Crippen LogP contribution in [0.2, 0.25) is 0 Å². The van der Waals surface area contributed by atoms with Crippen LogP contribution in [0.3, 0.4) is 0 Å². The second-order valence-corrected chi connectivity index (χ2v) is 12.7. The number of ether oxygens (including phenoxy) is 1. The molecule has 0 fully saturated rings. The highest BCUT2D eigenvalue weighted by Gasteiger charge is 2.15. The van der Waals surface area contributed by atoms with E-state index in [1.54, 1.807) is 24.3 Å². The number of hydrogen-bond acceptors (Lipinski definition) is 8. The standard InChI is InChI=1S/C38H29N3O5S2/c1-2-3-20-46-32-14-12-31(13-15-32)41(29-8-4-25(5-9-29)35-18-16-33(47-35)21-27(23-39)37(42)43)30-10-6-26(7-11-30)36-19-17-34(48-36)22-28(24-40)38(44)45/h4-19,21-22H,2-3,20H2,1H3,(H,42,43)(H,44,45)/b27-21-,28-22-. The number of rotatable bonds is 13. The summed E-state index contributed by atoms with van der Waals surface area (Å²) in [5, 5.41) is 36.6. The number of anilines is 3. The normalized spacial score (nSPS) is 11.4. The van der Waals surface area contributed by atoms with Gasteiger partial charge in [0.15, 0.2) is 0 Å². The maximum atomic E-state index is 11.3. The molecule has 0 amide bonds. The van der Waals surface area contributed by atoms with Crippen LogP contribution in [0, 0.1) is 22.7 Å². The summed E-state index contributed by atoms with van der Waals surface area (Å²) in [6.45, 7) is 2.78. The number of thiophene rings is 2. The minimum absolute atomic E-state index is 0.315. The molecule has 5 aromatic rings. The molecule has 2 N–H and O–H groups in total. The van der Waals surface area contributed by atoms with Gasteiger partial charge in [0.1, 0.15) is 29.0 Å². The van der Waals surface area contributed by atoms with Gasteiger partial charge in [-0.3, -0.25) is 0 Å². The van der Waals surface area contributed by atoms with Crippen LogP contribution in [0.1, 0.15) is 29.5 Å². The average molecular weight is 672 g/mol. The van der Waals surface area contributed by atoms with E-state index >= 15 is 0 Å². The van der Waals surface area contributed by atoms with E-state index in [0.29, 0.717) is 16.4 Å². The summed E-state index contributed by atoms with van der Waals surface area (Å²) in [6, 6.07) is 34.9. The number of nitriles is 2. The first-order valence-electron chi connectivity index (χ1n) is 14.9. The zero-order valence-electron chi connectivity index (χ0n) is 25.8. The van der Waals surface area contributed by atoms with E-state index in [9.17, 15) is 19.8 Å². The van der Waals surface area contributed by atoms with Gasteiger partial charge in [0.25, 0.3) is 0 Å². The maximum absolute atomic E-state index is 11.3. The molecule has 0 saturated heterocycles. The fourth-order valence-electron chi connectivity index (χ4n) is 4.76. The quantitative estimate of drug-likeness (QED) is 0.0718. The van der Waals surface area contributed by atoms with Crippen molar-refractivity contribution in [2.24, 2.45) is 0 Å². The Morgan fingerprint density at radius 1 is 0.688 bits per heavy atom. The van der Waals surface area contributed by atoms with Gasteiger partial charge in [-0.1, -0.05) is 37.6 Å². The lowest BCUT2D eigenvalue weighted by atomic mass is 10.1. The van der Waals surface area contributed by atoms with Gasteiger partial charge < -0.3 is 19.8 Å². The summed E-state index contributed by atoms with van der Waals surface area (Å²) in [5.41, 5.74) is 4.05. The average Bonchev–Trinajstić information content (AvgIpc) is 3.77. The highest BCUT2D eigenvalue weighted by atomic mass is 32.1. The summed E-state index contributed by atoms with van der Waals surface area (Å²) < 4.78 is 5.89. The van der Waals surface area contributed by atoms with Crippen LogP contribution in [0.5, 0.6) is 5.75 Å². The Hall–Kier alpha value is -5.94. The van der Waals surface area contributed by atoms with Gasteiger partial charge in [0, 0.05) is 36.6 Å². The van der Waals surface area contributed by atoms with E-state index in [1.807, 2.05) is 84.9 Å². The van der Waals surface area contributed by atoms with Gasteiger partial charge in [0.2, 0.25) is 0 Å². The van der Waals surface area contributed by atoms with E-state index in [1.165, 1.54) is 34.8 Å². The Bertz CT molecular complexity index is 1940. The summed E-state index contributed by atoms with van der Waals surface area (Å²) in [7, 11) is 0. The second-order valence-electron chi connectivity index (χ2n) is 10.5. The van der Waals surface area contributed by atoms with Crippen molar-refractivity contribution in [1.29, 1.82) is 10.5 Å². The molecule has 0 spiro atoms. The van der Waals surface area contributed by atoms with Crippen molar-refractivity contribution < 1.29 is 24.5 Å². The molecule has 2 heterocycles. The van der Waals surface area contributed by atoms with Crippen LogP contribution in [-0.2, 0) is 9.59 Å². The predicted molar refractivity (Wildman–Crippen MR) is 191 cm³/mol. The van der Waals surface area contributed by atoms with Crippen molar-refractivity contribution in [2.75, 3.05) is 11.5 Å². The topological polar surface area (TPSA) is 135 Å². The zero-order chi connectivity index (χ0) is 34.0. The molecular weight excluding hydrogens is 643 g/mol. The lowest BCUT2D eigenvalue weighted by Gasteiger charge is -2.26. The number of carboxylic acids is 2. The first kappa shape index (κ1) is 33.4. The first-order valence-corrected chi connectivity index (χ1v) is 16.6. The highest BCUT2D eigenvalue weighted by Crippen LogP contribution is 2.39. The molecule has 0 aliphatic carbocycles. The summed E-state index contributed by atoms with van der Waals surface area (Å²) >= 11 is 2.81. The molecule has 8 nitrogen and oxygen atoms in total. The number of unbranched alkanes of at least 4 members (excludes halogenated alkanes) is 1. The molecule has 0 radical (unpaired) electrons. The maximum Gasteiger partial charge on any atom is 0.346 e. The number of carboxylic acid groups (broad SMARTS) is 2. The summed E-state index contributed by atoms with van der Waals surface area (Å²) in [6.07, 6.45) is 4.78. The Morgan fingerprint density at radius 2 is 1.10 bits per heavy atom. The number of nitrogens with zero attached hydrogens (tertiary/aromatic N) is 3. The van der Waals surface area contributed by atoms with E-state index < -0.39 is 11.9 Å². The number of benzene rings is 3. The van der Waals surface area contributed by atoms with Crippen LogP contribution in [0.4, 0.5) is 17.1 Å². The van der Waals surface area contributed by atoms with Gasteiger partial charge >= 0.3 is 11.9 Å². The fourth-order valence-corrected chi connectivity index (χ4v) is 6.68.